The molecule has 104 valence electrons. The molecule has 6 heteroatoms. The van der Waals surface area contributed by atoms with Crippen LogP contribution in [0.2, 0.25) is 5.02 Å². The molecule has 0 saturated heterocycles. The summed E-state index contributed by atoms with van der Waals surface area (Å²) in [7, 11) is 0. The van der Waals surface area contributed by atoms with Crippen molar-refractivity contribution in [3.05, 3.63) is 35.0 Å². The van der Waals surface area contributed by atoms with E-state index in [1.165, 1.54) is 18.9 Å². The molecule has 2 N–H and O–H groups in total. The maximum absolute atomic E-state index is 10.9. The van der Waals surface area contributed by atoms with E-state index in [1.54, 1.807) is 18.2 Å². The first-order valence-electron chi connectivity index (χ1n) is 6.35. The van der Waals surface area contributed by atoms with E-state index in [2.05, 4.69) is 10.2 Å². The van der Waals surface area contributed by atoms with Crippen molar-refractivity contribution in [3.63, 3.8) is 0 Å². The minimum absolute atomic E-state index is 0.0353. The van der Waals surface area contributed by atoms with E-state index in [-0.39, 0.29) is 5.69 Å². The average Bonchev–Trinajstić information content (AvgIpc) is 3.11. The number of aromatic nitrogens is 2. The summed E-state index contributed by atoms with van der Waals surface area (Å²) in [6.45, 7) is 0.671. The first-order chi connectivity index (χ1) is 9.63. The van der Waals surface area contributed by atoms with Crippen molar-refractivity contribution in [2.75, 3.05) is 6.61 Å². The zero-order valence-electron chi connectivity index (χ0n) is 10.6. The van der Waals surface area contributed by atoms with Gasteiger partial charge in [-0.15, -0.1) is 0 Å². The number of H-pyrrole nitrogens is 1. The largest absolute Gasteiger partial charge is 0.493 e. The van der Waals surface area contributed by atoms with Gasteiger partial charge in [0.1, 0.15) is 11.4 Å². The van der Waals surface area contributed by atoms with Gasteiger partial charge in [-0.05, 0) is 43.0 Å². The molecule has 2 aromatic rings. The summed E-state index contributed by atoms with van der Waals surface area (Å²) in [5.74, 6) is 0.253. The third-order valence-corrected chi connectivity index (χ3v) is 3.43. The summed E-state index contributed by atoms with van der Waals surface area (Å²) in [4.78, 5) is 10.9. The van der Waals surface area contributed by atoms with E-state index >= 15 is 0 Å². The lowest BCUT2D eigenvalue weighted by molar-refractivity contribution is 0.0690. The number of halogens is 1. The number of carboxylic acid groups (broad SMARTS) is 1. The summed E-state index contributed by atoms with van der Waals surface area (Å²) >= 11 is 6.00. The van der Waals surface area contributed by atoms with Gasteiger partial charge in [0.25, 0.3) is 0 Å². The Hall–Kier alpha value is -2.01. The normalized spacial score (nSPS) is 14.2. The van der Waals surface area contributed by atoms with Crippen LogP contribution in [0.15, 0.2) is 24.3 Å². The predicted octanol–water partition coefficient (Wildman–Crippen LogP) is 3.22. The second-order valence-corrected chi connectivity index (χ2v) is 5.30. The molecule has 1 aliphatic rings. The third-order valence-electron chi connectivity index (χ3n) is 3.20. The highest BCUT2D eigenvalue weighted by molar-refractivity contribution is 6.31. The van der Waals surface area contributed by atoms with Crippen LogP contribution < -0.4 is 4.74 Å². The Labute approximate surface area is 120 Å². The van der Waals surface area contributed by atoms with Crippen LogP contribution in [0, 0.1) is 5.92 Å². The highest BCUT2D eigenvalue weighted by atomic mass is 35.5. The molecule has 1 saturated carbocycles. The Balaban J connectivity index is 1.91. The summed E-state index contributed by atoms with van der Waals surface area (Å²) in [5, 5.41) is 16.0. The van der Waals surface area contributed by atoms with Crippen molar-refractivity contribution >= 4 is 17.6 Å². The van der Waals surface area contributed by atoms with Crippen LogP contribution in [0.1, 0.15) is 23.3 Å². The summed E-state index contributed by atoms with van der Waals surface area (Å²) in [5.41, 5.74) is 1.24. The number of carbonyl (C=O) groups is 1. The first-order valence-corrected chi connectivity index (χ1v) is 6.72. The smallest absolute Gasteiger partial charge is 0.353 e. The van der Waals surface area contributed by atoms with Gasteiger partial charge in [-0.3, -0.25) is 5.10 Å². The van der Waals surface area contributed by atoms with Crippen molar-refractivity contribution in [2.45, 2.75) is 12.8 Å². The Morgan fingerprint density at radius 3 is 2.90 bits per heavy atom. The van der Waals surface area contributed by atoms with E-state index in [9.17, 15) is 4.79 Å². The maximum Gasteiger partial charge on any atom is 0.353 e. The van der Waals surface area contributed by atoms with Crippen LogP contribution in [0.4, 0.5) is 0 Å². The molecule has 1 heterocycles. The molecule has 0 aliphatic heterocycles. The molecule has 0 spiro atoms. The fraction of sp³-hybridized carbons (Fsp3) is 0.286. The molecule has 0 unspecified atom stereocenters. The number of nitrogens with one attached hydrogen (secondary N) is 1. The van der Waals surface area contributed by atoms with Crippen LogP contribution >= 0.6 is 11.6 Å². The summed E-state index contributed by atoms with van der Waals surface area (Å²) < 4.78 is 5.78. The van der Waals surface area contributed by atoms with Crippen molar-refractivity contribution < 1.29 is 14.6 Å². The van der Waals surface area contributed by atoms with Gasteiger partial charge in [-0.25, -0.2) is 4.79 Å². The molecular formula is C14H13ClN2O3. The molecule has 20 heavy (non-hydrogen) atoms. The van der Waals surface area contributed by atoms with Crippen LogP contribution in [-0.2, 0) is 0 Å². The van der Waals surface area contributed by atoms with Gasteiger partial charge in [-0.2, -0.15) is 5.10 Å². The highest BCUT2D eigenvalue weighted by Gasteiger charge is 2.23. The Bertz CT molecular complexity index is 650. The lowest BCUT2D eigenvalue weighted by Crippen LogP contribution is -2.00. The molecule has 3 rings (SSSR count). The van der Waals surface area contributed by atoms with Gasteiger partial charge in [0.05, 0.1) is 12.3 Å². The number of aromatic amines is 1. The lowest BCUT2D eigenvalue weighted by Gasteiger charge is -2.10. The van der Waals surface area contributed by atoms with Gasteiger partial charge < -0.3 is 9.84 Å². The molecule has 0 amide bonds. The highest BCUT2D eigenvalue weighted by Crippen LogP contribution is 2.34. The fourth-order valence-corrected chi connectivity index (χ4v) is 2.06. The van der Waals surface area contributed by atoms with Crippen molar-refractivity contribution in [2.24, 2.45) is 5.92 Å². The number of hydrogen-bond donors (Lipinski definition) is 2. The third kappa shape index (κ3) is 2.77. The number of carboxylic acids is 1. The summed E-state index contributed by atoms with van der Waals surface area (Å²) in [6, 6.07) is 6.73. The number of rotatable bonds is 5. The standard InChI is InChI=1S/C14H13ClN2O3/c15-9-3-4-13(20-7-8-1-2-8)10(5-9)11-6-12(14(18)19)17-16-11/h3-6,8H,1-2,7H2,(H,16,17)(H,18,19). The number of benzene rings is 1. The van der Waals surface area contributed by atoms with E-state index < -0.39 is 5.97 Å². The first kappa shape index (κ1) is 13.0. The van der Waals surface area contributed by atoms with Crippen molar-refractivity contribution in [1.29, 1.82) is 0 Å². The molecule has 0 radical (unpaired) electrons. The second kappa shape index (κ2) is 5.17. The van der Waals surface area contributed by atoms with Gasteiger partial charge in [-0.1, -0.05) is 11.6 Å². The number of hydrogen-bond acceptors (Lipinski definition) is 3. The van der Waals surface area contributed by atoms with Gasteiger partial charge in [0.2, 0.25) is 0 Å². The van der Waals surface area contributed by atoms with Crippen LogP contribution in [0.5, 0.6) is 5.75 Å². The maximum atomic E-state index is 10.9. The monoisotopic (exact) mass is 292 g/mol. The quantitative estimate of drug-likeness (QED) is 0.887. The zero-order valence-corrected chi connectivity index (χ0v) is 11.4. The minimum Gasteiger partial charge on any atom is -0.493 e. The van der Waals surface area contributed by atoms with E-state index in [1.807, 2.05) is 0 Å². The SMILES string of the molecule is O=C(O)c1cc(-c2cc(Cl)ccc2OCC2CC2)n[nH]1. The van der Waals surface area contributed by atoms with Crippen LogP contribution in [0.25, 0.3) is 11.3 Å². The molecule has 1 aromatic heterocycles. The molecule has 1 aromatic carbocycles. The fourth-order valence-electron chi connectivity index (χ4n) is 1.89. The van der Waals surface area contributed by atoms with E-state index in [0.717, 1.165) is 0 Å². The van der Waals surface area contributed by atoms with E-state index in [4.69, 9.17) is 21.4 Å². The van der Waals surface area contributed by atoms with Gasteiger partial charge in [0.15, 0.2) is 0 Å². The van der Waals surface area contributed by atoms with Crippen molar-refractivity contribution in [3.8, 4) is 17.0 Å². The van der Waals surface area contributed by atoms with E-state index in [0.29, 0.717) is 34.6 Å². The summed E-state index contributed by atoms with van der Waals surface area (Å²) in [6.07, 6.45) is 2.41. The molecule has 0 atom stereocenters. The number of ether oxygens (including phenoxy) is 1. The topological polar surface area (TPSA) is 75.2 Å². The minimum atomic E-state index is -1.05. The van der Waals surface area contributed by atoms with Gasteiger partial charge >= 0.3 is 5.97 Å². The lowest BCUT2D eigenvalue weighted by atomic mass is 10.1. The molecular weight excluding hydrogens is 280 g/mol. The molecule has 1 fully saturated rings. The molecule has 0 bridgehead atoms. The Morgan fingerprint density at radius 2 is 2.25 bits per heavy atom. The van der Waals surface area contributed by atoms with Crippen molar-refractivity contribution in [1.82, 2.24) is 10.2 Å². The van der Waals surface area contributed by atoms with Gasteiger partial charge in [0, 0.05) is 10.6 Å². The zero-order chi connectivity index (χ0) is 14.1. The number of nitrogens with zero attached hydrogens (tertiary/aromatic N) is 1. The Morgan fingerprint density at radius 1 is 1.45 bits per heavy atom. The number of aromatic carboxylic acids is 1. The van der Waals surface area contributed by atoms with Crippen LogP contribution in [-0.4, -0.2) is 27.9 Å². The predicted molar refractivity (Wildman–Crippen MR) is 74.2 cm³/mol. The average molecular weight is 293 g/mol. The Kier molecular flexibility index (Phi) is 3.36. The molecule has 1 aliphatic carbocycles. The second-order valence-electron chi connectivity index (χ2n) is 4.87. The molecule has 5 nitrogen and oxygen atoms in total. The van der Waals surface area contributed by atoms with Crippen LogP contribution in [0.3, 0.4) is 0 Å².